The fourth-order valence-corrected chi connectivity index (χ4v) is 3.98. The van der Waals surface area contributed by atoms with E-state index < -0.39 is 5.97 Å². The molecule has 0 spiro atoms. The maximum atomic E-state index is 11.7. The number of benzene rings is 1. The molecule has 0 saturated heterocycles. The zero-order chi connectivity index (χ0) is 18.4. The van der Waals surface area contributed by atoms with E-state index in [1.807, 2.05) is 6.07 Å². The molecule has 26 heavy (non-hydrogen) atoms. The Labute approximate surface area is 161 Å². The second kappa shape index (κ2) is 6.35. The van der Waals surface area contributed by atoms with Crippen molar-refractivity contribution in [3.05, 3.63) is 57.1 Å². The Kier molecular flexibility index (Phi) is 4.14. The molecule has 4 aromatic rings. The van der Waals surface area contributed by atoms with Crippen molar-refractivity contribution in [3.8, 4) is 10.6 Å². The highest BCUT2D eigenvalue weighted by Gasteiger charge is 2.19. The lowest BCUT2D eigenvalue weighted by Crippen LogP contribution is -2.09. The summed E-state index contributed by atoms with van der Waals surface area (Å²) in [6, 6.07) is 10.3. The van der Waals surface area contributed by atoms with Gasteiger partial charge in [0, 0.05) is 11.5 Å². The van der Waals surface area contributed by atoms with Gasteiger partial charge >= 0.3 is 5.97 Å². The molecule has 0 radical (unpaired) electrons. The van der Waals surface area contributed by atoms with E-state index in [-0.39, 0.29) is 12.2 Å². The Morgan fingerprint density at radius 1 is 1.27 bits per heavy atom. The van der Waals surface area contributed by atoms with Crippen LogP contribution in [0.3, 0.4) is 0 Å². The number of carboxylic acid groups (broad SMARTS) is 1. The molecule has 0 fully saturated rings. The molecule has 0 atom stereocenters. The van der Waals surface area contributed by atoms with E-state index in [1.165, 1.54) is 17.4 Å². The van der Waals surface area contributed by atoms with Gasteiger partial charge in [0.15, 0.2) is 5.76 Å². The Morgan fingerprint density at radius 2 is 2.08 bits per heavy atom. The molecule has 3 aromatic heterocycles. The number of nitrogen functional groups attached to an aromatic ring is 1. The van der Waals surface area contributed by atoms with Crippen molar-refractivity contribution in [2.24, 2.45) is 0 Å². The van der Waals surface area contributed by atoms with Crippen LogP contribution in [0.25, 0.3) is 21.5 Å². The van der Waals surface area contributed by atoms with Gasteiger partial charge in [-0.15, -0.1) is 11.3 Å². The number of carboxylic acids is 1. The number of halogens is 2. The number of rotatable bonds is 4. The third kappa shape index (κ3) is 2.84. The fourth-order valence-electron chi connectivity index (χ4n) is 2.78. The number of nitrogens with two attached hydrogens (primary N) is 1. The van der Waals surface area contributed by atoms with Gasteiger partial charge in [-0.1, -0.05) is 28.4 Å². The van der Waals surface area contributed by atoms with Crippen molar-refractivity contribution in [1.82, 2.24) is 9.72 Å². The molecule has 0 saturated carbocycles. The number of hydrogen-bond acceptors (Lipinski definition) is 5. The predicted molar refractivity (Wildman–Crippen MR) is 102 cm³/mol. The molecular formula is C17H11Cl2N3O3S. The summed E-state index contributed by atoms with van der Waals surface area (Å²) in [5.74, 6) is -0.489. The van der Waals surface area contributed by atoms with Crippen LogP contribution in [0.2, 0.25) is 9.36 Å². The van der Waals surface area contributed by atoms with Crippen LogP contribution in [0.5, 0.6) is 0 Å². The lowest BCUT2D eigenvalue weighted by Gasteiger charge is -2.06. The van der Waals surface area contributed by atoms with Crippen LogP contribution in [0.1, 0.15) is 16.2 Å². The topological polar surface area (TPSA) is 94.3 Å². The number of fused-ring (bicyclic) bond motifs is 1. The second-order valence-corrected chi connectivity index (χ2v) is 7.70. The third-order valence-electron chi connectivity index (χ3n) is 3.96. The first kappa shape index (κ1) is 17.0. The number of hydrogen-bond donors (Lipinski definition) is 2. The minimum Gasteiger partial charge on any atom is -0.477 e. The highest BCUT2D eigenvalue weighted by Crippen LogP contribution is 2.34. The monoisotopic (exact) mass is 407 g/mol. The fraction of sp³-hybridized carbons (Fsp3) is 0.0588. The third-order valence-corrected chi connectivity index (χ3v) is 5.63. The van der Waals surface area contributed by atoms with E-state index in [9.17, 15) is 9.90 Å². The molecule has 0 unspecified atom stereocenters. The first-order valence-corrected chi connectivity index (χ1v) is 9.03. The molecule has 1 aromatic carbocycles. The molecule has 9 heteroatoms. The number of anilines is 1. The normalized spacial score (nSPS) is 11.3. The van der Waals surface area contributed by atoms with Gasteiger partial charge in [-0.25, -0.2) is 4.79 Å². The van der Waals surface area contributed by atoms with Gasteiger partial charge in [0.25, 0.3) is 0 Å². The summed E-state index contributed by atoms with van der Waals surface area (Å²) in [4.78, 5) is 12.5. The highest BCUT2D eigenvalue weighted by atomic mass is 35.5. The van der Waals surface area contributed by atoms with Crippen molar-refractivity contribution >= 4 is 57.1 Å². The Balaban J connectivity index is 1.77. The molecule has 0 aliphatic rings. The van der Waals surface area contributed by atoms with Crippen molar-refractivity contribution in [2.75, 3.05) is 5.73 Å². The van der Waals surface area contributed by atoms with Crippen LogP contribution in [0.15, 0.2) is 40.9 Å². The van der Waals surface area contributed by atoms with Crippen LogP contribution in [0.4, 0.5) is 5.69 Å². The van der Waals surface area contributed by atoms with Gasteiger partial charge in [-0.05, 0) is 30.3 Å². The summed E-state index contributed by atoms with van der Waals surface area (Å²) < 4.78 is 7.63. The number of aromatic carboxylic acids is 1. The smallest absolute Gasteiger partial charge is 0.352 e. The van der Waals surface area contributed by atoms with Gasteiger partial charge < -0.3 is 19.9 Å². The average molecular weight is 408 g/mol. The van der Waals surface area contributed by atoms with Gasteiger partial charge in [-0.2, -0.15) is 0 Å². The summed E-state index contributed by atoms with van der Waals surface area (Å²) >= 11 is 13.5. The molecule has 6 nitrogen and oxygen atoms in total. The van der Waals surface area contributed by atoms with Gasteiger partial charge in [-0.3, -0.25) is 0 Å². The van der Waals surface area contributed by atoms with E-state index in [4.69, 9.17) is 33.5 Å². The lowest BCUT2D eigenvalue weighted by molar-refractivity contribution is 0.0686. The summed E-state index contributed by atoms with van der Waals surface area (Å²) in [7, 11) is 0. The van der Waals surface area contributed by atoms with Crippen molar-refractivity contribution in [2.45, 2.75) is 6.54 Å². The minimum atomic E-state index is -1.07. The van der Waals surface area contributed by atoms with Gasteiger partial charge in [0.1, 0.15) is 11.4 Å². The summed E-state index contributed by atoms with van der Waals surface area (Å²) in [5.41, 5.74) is 7.55. The molecule has 132 valence electrons. The molecule has 4 rings (SSSR count). The lowest BCUT2D eigenvalue weighted by atomic mass is 10.2. The molecule has 0 amide bonds. The number of thiophene rings is 1. The molecule has 0 aliphatic carbocycles. The zero-order valence-electron chi connectivity index (χ0n) is 13.1. The minimum absolute atomic E-state index is 0.0937. The summed E-state index contributed by atoms with van der Waals surface area (Å²) in [6.07, 6.45) is 0. The van der Waals surface area contributed by atoms with E-state index in [0.717, 1.165) is 4.88 Å². The van der Waals surface area contributed by atoms with Crippen LogP contribution < -0.4 is 5.73 Å². The maximum absolute atomic E-state index is 11.7. The van der Waals surface area contributed by atoms with E-state index >= 15 is 0 Å². The Morgan fingerprint density at radius 3 is 2.77 bits per heavy atom. The average Bonchev–Trinajstić information content (AvgIpc) is 3.30. The summed E-state index contributed by atoms with van der Waals surface area (Å²) in [5, 5.41) is 14.5. The highest BCUT2D eigenvalue weighted by molar-refractivity contribution is 7.19. The maximum Gasteiger partial charge on any atom is 0.352 e. The number of carbonyl (C=O) groups is 1. The van der Waals surface area contributed by atoms with Crippen molar-refractivity contribution in [3.63, 3.8) is 0 Å². The van der Waals surface area contributed by atoms with Gasteiger partial charge in [0.2, 0.25) is 0 Å². The van der Waals surface area contributed by atoms with Crippen LogP contribution in [0, 0.1) is 0 Å². The van der Waals surface area contributed by atoms with Gasteiger partial charge in [0.05, 0.1) is 32.0 Å². The SMILES string of the molecule is Nc1ccc2c(cc(C(=O)O)n2Cc2cc(-c3ccc(Cl)s3)on2)c1Cl. The quantitative estimate of drug-likeness (QED) is 0.464. The van der Waals surface area contributed by atoms with E-state index in [1.54, 1.807) is 28.8 Å². The molecule has 3 heterocycles. The predicted octanol–water partition coefficient (Wildman–Crippen LogP) is 4.99. The standard InChI is InChI=1S/C17H11Cl2N3O3S/c18-15-4-3-14(26-15)13-5-8(21-25-13)7-22-11-2-1-10(20)16(19)9(11)6-12(22)17(23)24/h1-6H,7,20H2,(H,23,24). The van der Waals surface area contributed by atoms with Crippen LogP contribution in [-0.4, -0.2) is 20.8 Å². The number of nitrogens with zero attached hydrogens (tertiary/aromatic N) is 2. The molecular weight excluding hydrogens is 397 g/mol. The van der Waals surface area contributed by atoms with E-state index in [2.05, 4.69) is 5.16 Å². The zero-order valence-corrected chi connectivity index (χ0v) is 15.4. The number of aromatic nitrogens is 2. The van der Waals surface area contributed by atoms with Crippen molar-refractivity contribution in [1.29, 1.82) is 0 Å². The van der Waals surface area contributed by atoms with Crippen molar-refractivity contribution < 1.29 is 14.4 Å². The Hall–Kier alpha value is -2.48. The molecule has 0 bridgehead atoms. The molecule has 3 N–H and O–H groups in total. The van der Waals surface area contributed by atoms with E-state index in [0.29, 0.717) is 37.4 Å². The van der Waals surface area contributed by atoms with Crippen LogP contribution >= 0.6 is 34.5 Å². The van der Waals surface area contributed by atoms with Crippen LogP contribution in [-0.2, 0) is 6.54 Å². The summed E-state index contributed by atoms with van der Waals surface area (Å²) in [6.45, 7) is 0.216. The second-order valence-electron chi connectivity index (χ2n) is 5.61. The Bertz CT molecular complexity index is 1150. The largest absolute Gasteiger partial charge is 0.477 e. The molecule has 0 aliphatic heterocycles. The first-order valence-electron chi connectivity index (χ1n) is 7.46. The first-order chi connectivity index (χ1) is 12.4.